The van der Waals surface area contributed by atoms with E-state index in [1.165, 1.54) is 47.1 Å². The Balaban J connectivity index is 1.91. The van der Waals surface area contributed by atoms with Gasteiger partial charge in [0.2, 0.25) is 0 Å². The summed E-state index contributed by atoms with van der Waals surface area (Å²) in [6.45, 7) is 2.23. The molecule has 0 amide bonds. The van der Waals surface area contributed by atoms with Crippen LogP contribution in [0.5, 0.6) is 0 Å². The number of benzene rings is 2. The predicted octanol–water partition coefficient (Wildman–Crippen LogP) is 5.56. The first-order valence-corrected chi connectivity index (χ1v) is 7.57. The minimum atomic E-state index is 0.657. The van der Waals surface area contributed by atoms with Gasteiger partial charge in [0.15, 0.2) is 0 Å². The average Bonchev–Trinajstić information content (AvgIpc) is 2.94. The number of hydrogen-bond donors (Lipinski definition) is 0. The number of hydrogen-bond acceptors (Lipinski definition) is 0. The molecule has 0 N–H and O–H groups in total. The molecular weight excluding hydrogens is 240 g/mol. The molecule has 0 heteroatoms. The van der Waals surface area contributed by atoms with E-state index in [1.807, 2.05) is 0 Å². The fourth-order valence-electron chi connectivity index (χ4n) is 3.82. The normalized spacial score (nSPS) is 21.6. The van der Waals surface area contributed by atoms with Gasteiger partial charge in [0.05, 0.1) is 0 Å². The van der Waals surface area contributed by atoms with Crippen LogP contribution < -0.4 is 0 Å². The van der Waals surface area contributed by atoms with Gasteiger partial charge in [-0.15, -0.1) is 5.57 Å². The van der Waals surface area contributed by atoms with Crippen molar-refractivity contribution < 1.29 is 0 Å². The van der Waals surface area contributed by atoms with Gasteiger partial charge in [-0.1, -0.05) is 80.1 Å². The lowest BCUT2D eigenvalue weighted by molar-refractivity contribution is 0.776. The molecule has 0 heterocycles. The highest BCUT2D eigenvalue weighted by Crippen LogP contribution is 2.46. The van der Waals surface area contributed by atoms with Gasteiger partial charge in [0.1, 0.15) is 0 Å². The van der Waals surface area contributed by atoms with Gasteiger partial charge in [-0.05, 0) is 10.8 Å². The molecule has 4 rings (SSSR count). The van der Waals surface area contributed by atoms with Crippen LogP contribution in [0.3, 0.4) is 0 Å². The zero-order valence-corrected chi connectivity index (χ0v) is 11.9. The first kappa shape index (κ1) is 11.8. The molecular formula is C20H19-. The molecule has 2 aromatic rings. The Morgan fingerprint density at radius 2 is 1.85 bits per heavy atom. The zero-order valence-electron chi connectivity index (χ0n) is 11.9. The summed E-state index contributed by atoms with van der Waals surface area (Å²) in [5.74, 6) is 2.06. The zero-order chi connectivity index (χ0) is 13.5. The molecule has 2 aliphatic carbocycles. The molecule has 1 atom stereocenters. The number of rotatable bonds is 1. The molecule has 0 spiro atoms. The van der Waals surface area contributed by atoms with E-state index in [2.05, 4.69) is 61.5 Å². The molecule has 20 heavy (non-hydrogen) atoms. The molecule has 0 radical (unpaired) electrons. The Bertz CT molecular complexity index is 712. The van der Waals surface area contributed by atoms with Crippen molar-refractivity contribution in [1.82, 2.24) is 0 Å². The second-order valence-corrected chi connectivity index (χ2v) is 6.03. The maximum Gasteiger partial charge on any atom is -0.0189 e. The van der Waals surface area contributed by atoms with Crippen molar-refractivity contribution in [2.75, 3.05) is 0 Å². The Morgan fingerprint density at radius 1 is 1.00 bits per heavy atom. The van der Waals surface area contributed by atoms with Crippen LogP contribution in [-0.2, 0) is 0 Å². The van der Waals surface area contributed by atoms with E-state index in [-0.39, 0.29) is 0 Å². The summed E-state index contributed by atoms with van der Waals surface area (Å²) < 4.78 is 0. The molecule has 2 aliphatic rings. The van der Waals surface area contributed by atoms with Crippen molar-refractivity contribution in [1.29, 1.82) is 0 Å². The first-order valence-electron chi connectivity index (χ1n) is 7.57. The topological polar surface area (TPSA) is 0 Å². The lowest BCUT2D eigenvalue weighted by atomic mass is 9.80. The molecule has 0 nitrogen and oxygen atoms in total. The third-order valence-corrected chi connectivity index (χ3v) is 4.68. The van der Waals surface area contributed by atoms with Crippen molar-refractivity contribution >= 4 is 16.3 Å². The van der Waals surface area contributed by atoms with E-state index < -0.39 is 0 Å². The van der Waals surface area contributed by atoms with E-state index in [0.29, 0.717) is 5.92 Å². The van der Waals surface area contributed by atoms with E-state index in [9.17, 15) is 0 Å². The highest BCUT2D eigenvalue weighted by Gasteiger charge is 2.21. The van der Waals surface area contributed by atoms with Gasteiger partial charge in [-0.3, -0.25) is 0 Å². The summed E-state index contributed by atoms with van der Waals surface area (Å²) in [7, 11) is 0. The van der Waals surface area contributed by atoms with E-state index in [0.717, 1.165) is 0 Å². The molecule has 2 aromatic carbocycles. The Labute approximate surface area is 120 Å². The highest BCUT2D eigenvalue weighted by atomic mass is 14.3. The lowest BCUT2D eigenvalue weighted by Crippen LogP contribution is -2.08. The van der Waals surface area contributed by atoms with Crippen LogP contribution in [0.4, 0.5) is 0 Å². The first-order chi connectivity index (χ1) is 9.83. The fraction of sp³-hybridized carbons (Fsp3) is 0.250. The molecule has 0 aliphatic heterocycles. The Morgan fingerprint density at radius 3 is 2.80 bits per heavy atom. The van der Waals surface area contributed by atoms with Crippen molar-refractivity contribution in [2.24, 2.45) is 5.92 Å². The quantitative estimate of drug-likeness (QED) is 0.588. The third-order valence-electron chi connectivity index (χ3n) is 4.68. The largest absolute Gasteiger partial charge is 0.170 e. The van der Waals surface area contributed by atoms with Crippen molar-refractivity contribution in [3.05, 3.63) is 71.7 Å². The standard InChI is InChI=1S/C20H19/c1-14-12-16-8-5-10-18(16)20(13-14)19-11-4-7-15-6-2-3-9-17(15)19/h2-4,6-7,9,11-13,18H,5,8,10H2,1H3/q-1. The van der Waals surface area contributed by atoms with E-state index >= 15 is 0 Å². The summed E-state index contributed by atoms with van der Waals surface area (Å²) in [4.78, 5) is 0. The average molecular weight is 259 g/mol. The molecule has 0 aromatic heterocycles. The van der Waals surface area contributed by atoms with Crippen molar-refractivity contribution in [3.8, 4) is 0 Å². The lowest BCUT2D eigenvalue weighted by Gasteiger charge is -2.33. The van der Waals surface area contributed by atoms with E-state index in [4.69, 9.17) is 0 Å². The van der Waals surface area contributed by atoms with Gasteiger partial charge in [0, 0.05) is 0 Å². The summed E-state index contributed by atoms with van der Waals surface area (Å²) in [6.07, 6.45) is 8.75. The van der Waals surface area contributed by atoms with Crippen LogP contribution >= 0.6 is 0 Å². The van der Waals surface area contributed by atoms with Crippen molar-refractivity contribution in [2.45, 2.75) is 26.2 Å². The Hall–Kier alpha value is -1.95. The number of allylic oxidation sites excluding steroid dienone is 4. The van der Waals surface area contributed by atoms with Crippen molar-refractivity contribution in [3.63, 3.8) is 0 Å². The van der Waals surface area contributed by atoms with Gasteiger partial charge >= 0.3 is 0 Å². The van der Waals surface area contributed by atoms with Crippen LogP contribution in [0.2, 0.25) is 0 Å². The van der Waals surface area contributed by atoms with Crippen LogP contribution in [0, 0.1) is 11.8 Å². The summed E-state index contributed by atoms with van der Waals surface area (Å²) in [6, 6.07) is 15.4. The minimum absolute atomic E-state index is 0.657. The molecule has 1 unspecified atom stereocenters. The summed E-state index contributed by atoms with van der Waals surface area (Å²) in [5.41, 5.74) is 4.61. The van der Waals surface area contributed by atoms with E-state index in [1.54, 1.807) is 5.57 Å². The second kappa shape index (κ2) is 4.56. The summed E-state index contributed by atoms with van der Waals surface area (Å²) in [5, 5.41) is 2.74. The second-order valence-electron chi connectivity index (χ2n) is 6.03. The van der Waals surface area contributed by atoms with Crippen LogP contribution in [0.25, 0.3) is 16.3 Å². The van der Waals surface area contributed by atoms with Crippen LogP contribution in [0.1, 0.15) is 31.7 Å². The van der Waals surface area contributed by atoms with Gasteiger partial charge in [-0.2, -0.15) is 23.6 Å². The smallest absolute Gasteiger partial charge is 0.0189 e. The maximum absolute atomic E-state index is 2.41. The highest BCUT2D eigenvalue weighted by molar-refractivity contribution is 5.95. The Kier molecular flexibility index (Phi) is 2.70. The van der Waals surface area contributed by atoms with Crippen LogP contribution in [-0.4, -0.2) is 0 Å². The molecule has 1 saturated carbocycles. The van der Waals surface area contributed by atoms with Gasteiger partial charge in [-0.25, -0.2) is 0 Å². The maximum atomic E-state index is 2.41. The third kappa shape index (κ3) is 1.79. The van der Waals surface area contributed by atoms with Gasteiger partial charge in [0.25, 0.3) is 0 Å². The minimum Gasteiger partial charge on any atom is -0.170 e. The number of fused-ring (bicyclic) bond motifs is 2. The molecule has 0 saturated heterocycles. The van der Waals surface area contributed by atoms with Gasteiger partial charge < -0.3 is 0 Å². The predicted molar refractivity (Wildman–Crippen MR) is 86.3 cm³/mol. The SMILES string of the molecule is C[C-]1C=C2CCCC2C(c2cccc3ccccc23)=C1. The molecule has 100 valence electrons. The summed E-state index contributed by atoms with van der Waals surface area (Å²) >= 11 is 0. The monoisotopic (exact) mass is 259 g/mol. The van der Waals surface area contributed by atoms with Crippen LogP contribution in [0.15, 0.2) is 60.2 Å². The molecule has 0 bridgehead atoms. The fourth-order valence-corrected chi connectivity index (χ4v) is 3.82. The molecule has 1 fully saturated rings.